The molecule has 0 aromatic rings. The van der Waals surface area contributed by atoms with Crippen LogP contribution in [-0.4, -0.2) is 55.2 Å². The van der Waals surface area contributed by atoms with E-state index in [4.69, 9.17) is 5.11 Å². The van der Waals surface area contributed by atoms with Gasteiger partial charge in [-0.3, -0.25) is 9.59 Å². The number of hydrogen-bond donors (Lipinski definition) is 1. The number of ether oxygens (including phenoxy) is 1. The van der Waals surface area contributed by atoms with E-state index < -0.39 is 28.0 Å². The van der Waals surface area contributed by atoms with Crippen LogP contribution in [0, 0.1) is 0 Å². The molecule has 1 unspecified atom stereocenters. The Labute approximate surface area is 118 Å². The summed E-state index contributed by atoms with van der Waals surface area (Å²) in [7, 11) is -2.27. The maximum absolute atomic E-state index is 12.2. The van der Waals surface area contributed by atoms with Crippen molar-refractivity contribution in [1.29, 1.82) is 0 Å². The average molecular weight is 307 g/mol. The van der Waals surface area contributed by atoms with Gasteiger partial charge in [0, 0.05) is 19.0 Å². The number of piperidine rings is 1. The normalized spacial score (nSPS) is 20.6. The third-order valence-corrected chi connectivity index (χ3v) is 5.35. The van der Waals surface area contributed by atoms with Gasteiger partial charge in [0.15, 0.2) is 0 Å². The van der Waals surface area contributed by atoms with Gasteiger partial charge < -0.3 is 9.84 Å². The van der Waals surface area contributed by atoms with E-state index >= 15 is 0 Å². The molecule has 7 nitrogen and oxygen atoms in total. The van der Waals surface area contributed by atoms with Gasteiger partial charge in [-0.15, -0.1) is 0 Å². The molecule has 8 heteroatoms. The molecule has 116 valence electrons. The molecule has 1 fully saturated rings. The summed E-state index contributed by atoms with van der Waals surface area (Å²) in [5, 5.41) is 8.85. The lowest BCUT2D eigenvalue weighted by Gasteiger charge is -2.33. The molecule has 1 aliphatic rings. The minimum atomic E-state index is -3.52. The van der Waals surface area contributed by atoms with E-state index in [1.54, 1.807) is 0 Å². The van der Waals surface area contributed by atoms with Crippen LogP contribution in [0.4, 0.5) is 0 Å². The van der Waals surface area contributed by atoms with E-state index in [0.717, 1.165) is 12.8 Å². The molecule has 0 amide bonds. The minimum absolute atomic E-state index is 0.0488. The Morgan fingerprint density at radius 1 is 1.35 bits per heavy atom. The van der Waals surface area contributed by atoms with E-state index in [1.807, 2.05) is 0 Å². The Balaban J connectivity index is 2.62. The minimum Gasteiger partial charge on any atom is -0.481 e. The summed E-state index contributed by atoms with van der Waals surface area (Å²) in [5.41, 5.74) is 0. The molecular formula is C12H21NO6S. The van der Waals surface area contributed by atoms with Crippen LogP contribution in [-0.2, 0) is 24.3 Å². The molecule has 0 aliphatic carbocycles. The molecule has 1 aliphatic heterocycles. The number of rotatable bonds is 7. The Kier molecular flexibility index (Phi) is 6.41. The van der Waals surface area contributed by atoms with Gasteiger partial charge in [0.25, 0.3) is 0 Å². The Bertz CT molecular complexity index is 447. The molecule has 0 radical (unpaired) electrons. The van der Waals surface area contributed by atoms with Gasteiger partial charge in [-0.05, 0) is 19.3 Å². The number of aliphatic carboxylic acids is 1. The maximum atomic E-state index is 12.2. The van der Waals surface area contributed by atoms with Gasteiger partial charge in [0.1, 0.15) is 0 Å². The smallest absolute Gasteiger partial charge is 0.305 e. The van der Waals surface area contributed by atoms with E-state index in [-0.39, 0.29) is 25.0 Å². The van der Waals surface area contributed by atoms with E-state index in [2.05, 4.69) is 4.74 Å². The van der Waals surface area contributed by atoms with Crippen molar-refractivity contribution in [2.75, 3.05) is 19.4 Å². The lowest BCUT2D eigenvalue weighted by molar-refractivity contribution is -0.140. The van der Waals surface area contributed by atoms with Crippen molar-refractivity contribution in [3.8, 4) is 0 Å². The van der Waals surface area contributed by atoms with Gasteiger partial charge in [-0.1, -0.05) is 6.42 Å². The predicted octanol–water partition coefficient (Wildman–Crippen LogP) is 0.599. The van der Waals surface area contributed by atoms with Crippen LogP contribution in [0.3, 0.4) is 0 Å². The quantitative estimate of drug-likeness (QED) is 0.691. The number of hydrogen-bond acceptors (Lipinski definition) is 5. The van der Waals surface area contributed by atoms with Crippen LogP contribution in [0.2, 0.25) is 0 Å². The van der Waals surface area contributed by atoms with E-state index in [1.165, 1.54) is 11.4 Å². The SMILES string of the molecule is COC(=O)CCCS(=O)(=O)N1CCCCC1CC(=O)O. The van der Waals surface area contributed by atoms with Crippen LogP contribution in [0.15, 0.2) is 0 Å². The average Bonchev–Trinajstić information content (AvgIpc) is 2.38. The van der Waals surface area contributed by atoms with Crippen molar-refractivity contribution in [2.45, 2.75) is 44.6 Å². The van der Waals surface area contributed by atoms with Crippen LogP contribution < -0.4 is 0 Å². The molecule has 0 aromatic carbocycles. The molecule has 1 rings (SSSR count). The lowest BCUT2D eigenvalue weighted by atomic mass is 10.0. The first-order chi connectivity index (χ1) is 9.36. The van der Waals surface area contributed by atoms with Gasteiger partial charge >= 0.3 is 11.9 Å². The molecule has 20 heavy (non-hydrogen) atoms. The van der Waals surface area contributed by atoms with Crippen molar-refractivity contribution in [1.82, 2.24) is 4.31 Å². The molecule has 0 bridgehead atoms. The second kappa shape index (κ2) is 7.58. The fourth-order valence-electron chi connectivity index (χ4n) is 2.36. The Morgan fingerprint density at radius 2 is 2.05 bits per heavy atom. The van der Waals surface area contributed by atoms with Crippen molar-refractivity contribution in [3.63, 3.8) is 0 Å². The van der Waals surface area contributed by atoms with Crippen LogP contribution in [0.5, 0.6) is 0 Å². The Morgan fingerprint density at radius 3 is 2.65 bits per heavy atom. The molecular weight excluding hydrogens is 286 g/mol. The number of carbonyl (C=O) groups is 2. The second-order valence-electron chi connectivity index (χ2n) is 4.85. The monoisotopic (exact) mass is 307 g/mol. The summed E-state index contributed by atoms with van der Waals surface area (Å²) in [4.78, 5) is 21.8. The molecule has 1 N–H and O–H groups in total. The van der Waals surface area contributed by atoms with Gasteiger partial charge in [0.2, 0.25) is 10.0 Å². The van der Waals surface area contributed by atoms with Crippen molar-refractivity contribution < 1.29 is 27.9 Å². The highest BCUT2D eigenvalue weighted by molar-refractivity contribution is 7.89. The van der Waals surface area contributed by atoms with Crippen molar-refractivity contribution in [3.05, 3.63) is 0 Å². The predicted molar refractivity (Wildman–Crippen MR) is 71.6 cm³/mol. The second-order valence-corrected chi connectivity index (χ2v) is 6.89. The highest BCUT2D eigenvalue weighted by Crippen LogP contribution is 2.23. The number of carbonyl (C=O) groups excluding carboxylic acids is 1. The molecule has 0 spiro atoms. The van der Waals surface area contributed by atoms with Crippen LogP contribution >= 0.6 is 0 Å². The highest BCUT2D eigenvalue weighted by Gasteiger charge is 2.33. The zero-order valence-electron chi connectivity index (χ0n) is 11.6. The first-order valence-corrected chi connectivity index (χ1v) is 8.26. The summed E-state index contributed by atoms with van der Waals surface area (Å²) >= 11 is 0. The number of carboxylic acids is 1. The lowest BCUT2D eigenvalue weighted by Crippen LogP contribution is -2.45. The van der Waals surface area contributed by atoms with Gasteiger partial charge in [0.05, 0.1) is 19.3 Å². The highest BCUT2D eigenvalue weighted by atomic mass is 32.2. The summed E-state index contributed by atoms with van der Waals surface area (Å²) in [6.07, 6.45) is 2.22. The van der Waals surface area contributed by atoms with E-state index in [9.17, 15) is 18.0 Å². The van der Waals surface area contributed by atoms with Crippen LogP contribution in [0.25, 0.3) is 0 Å². The maximum Gasteiger partial charge on any atom is 0.305 e. The fraction of sp³-hybridized carbons (Fsp3) is 0.833. The molecule has 1 saturated heterocycles. The van der Waals surface area contributed by atoms with E-state index in [0.29, 0.717) is 13.0 Å². The fourth-order valence-corrected chi connectivity index (χ4v) is 4.15. The van der Waals surface area contributed by atoms with Gasteiger partial charge in [-0.25, -0.2) is 8.42 Å². The zero-order valence-corrected chi connectivity index (χ0v) is 12.4. The number of sulfonamides is 1. The summed E-state index contributed by atoms with van der Waals surface area (Å²) in [6, 6.07) is -0.468. The summed E-state index contributed by atoms with van der Waals surface area (Å²) < 4.78 is 30.2. The number of methoxy groups -OCH3 is 1. The van der Waals surface area contributed by atoms with Gasteiger partial charge in [-0.2, -0.15) is 4.31 Å². The number of esters is 1. The third kappa shape index (κ3) is 5.09. The Hall–Kier alpha value is -1.15. The van der Waals surface area contributed by atoms with Crippen molar-refractivity contribution in [2.24, 2.45) is 0 Å². The van der Waals surface area contributed by atoms with Crippen molar-refractivity contribution >= 4 is 22.0 Å². The molecule has 0 saturated carbocycles. The van der Waals surface area contributed by atoms with Crippen LogP contribution in [0.1, 0.15) is 38.5 Å². The summed E-state index contributed by atoms with van der Waals surface area (Å²) in [5.74, 6) is -1.59. The zero-order chi connectivity index (χ0) is 15.2. The third-order valence-electron chi connectivity index (χ3n) is 3.35. The first kappa shape index (κ1) is 16.9. The first-order valence-electron chi connectivity index (χ1n) is 6.65. The topological polar surface area (TPSA) is 101 Å². The molecule has 1 atom stereocenters. The summed E-state index contributed by atoms with van der Waals surface area (Å²) in [6.45, 7) is 0.360. The molecule has 1 heterocycles. The number of nitrogens with zero attached hydrogens (tertiary/aromatic N) is 1. The molecule has 0 aromatic heterocycles. The standard InChI is InChI=1S/C12H21NO6S/c1-19-12(16)6-4-8-20(17,18)13-7-3-2-5-10(13)9-11(14)15/h10H,2-9H2,1H3,(H,14,15). The largest absolute Gasteiger partial charge is 0.481 e. The number of carboxylic acid groups (broad SMARTS) is 1.